The number of nitriles is 1. The number of hydrogen-bond donors (Lipinski definition) is 3. The number of hydrogen-bond acceptors (Lipinski definition) is 4. The first kappa shape index (κ1) is 12.4. The molecule has 1 aliphatic rings. The minimum Gasteiger partial charge on any atom is -0.364 e. The molecular weight excluding hydrogens is 244 g/mol. The molecule has 0 spiro atoms. The van der Waals surface area contributed by atoms with Gasteiger partial charge in [-0.25, -0.2) is 0 Å². The quantitative estimate of drug-likeness (QED) is 0.688. The van der Waals surface area contributed by atoms with Crippen molar-refractivity contribution in [3.05, 3.63) is 53.4 Å². The second-order valence-electron chi connectivity index (χ2n) is 3.76. The van der Waals surface area contributed by atoms with E-state index in [1.165, 1.54) is 6.08 Å². The molecule has 6 heteroatoms. The van der Waals surface area contributed by atoms with Crippen LogP contribution in [-0.2, 0) is 9.59 Å². The van der Waals surface area contributed by atoms with Gasteiger partial charge in [-0.05, 0) is 5.56 Å². The molecule has 1 aromatic carbocycles. The maximum absolute atomic E-state index is 11.6. The van der Waals surface area contributed by atoms with Crippen LogP contribution in [0.1, 0.15) is 5.56 Å². The first-order valence-electron chi connectivity index (χ1n) is 5.41. The molecule has 0 unspecified atom stereocenters. The zero-order chi connectivity index (χ0) is 13.8. The summed E-state index contributed by atoms with van der Waals surface area (Å²) in [5.41, 5.74) is 5.97. The number of benzene rings is 1. The Kier molecular flexibility index (Phi) is 3.30. The minimum atomic E-state index is -0.819. The zero-order valence-electron chi connectivity index (χ0n) is 9.81. The lowest BCUT2D eigenvalue weighted by Gasteiger charge is -2.10. The summed E-state index contributed by atoms with van der Waals surface area (Å²) in [4.78, 5) is 23.0. The fraction of sp³-hybridized carbons (Fsp3) is 0. The van der Waals surface area contributed by atoms with Crippen LogP contribution < -0.4 is 16.4 Å². The number of carbonyl (C=O) groups is 2. The van der Waals surface area contributed by atoms with Crippen LogP contribution in [0.4, 0.5) is 0 Å². The SMILES string of the molecule is N#CC1=C(C(N)=O)NC(c2ccccc2)=CC(=O)N1. The van der Waals surface area contributed by atoms with E-state index in [0.717, 1.165) is 0 Å². The van der Waals surface area contributed by atoms with E-state index in [1.54, 1.807) is 30.3 Å². The molecule has 6 nitrogen and oxygen atoms in total. The molecule has 1 heterocycles. The maximum Gasteiger partial charge on any atom is 0.268 e. The van der Waals surface area contributed by atoms with Gasteiger partial charge in [0.1, 0.15) is 17.5 Å². The predicted molar refractivity (Wildman–Crippen MR) is 67.5 cm³/mol. The molecule has 0 atom stereocenters. The van der Waals surface area contributed by atoms with E-state index in [2.05, 4.69) is 10.6 Å². The minimum absolute atomic E-state index is 0.136. The van der Waals surface area contributed by atoms with Gasteiger partial charge in [0, 0.05) is 6.08 Å². The van der Waals surface area contributed by atoms with E-state index in [9.17, 15) is 9.59 Å². The number of nitrogens with two attached hydrogens (primary N) is 1. The summed E-state index contributed by atoms with van der Waals surface area (Å²) in [6.07, 6.45) is 1.27. The Morgan fingerprint density at radius 2 is 1.89 bits per heavy atom. The van der Waals surface area contributed by atoms with E-state index in [0.29, 0.717) is 11.3 Å². The number of amides is 2. The summed E-state index contributed by atoms with van der Waals surface area (Å²) in [5, 5.41) is 13.9. The van der Waals surface area contributed by atoms with Crippen LogP contribution >= 0.6 is 0 Å². The van der Waals surface area contributed by atoms with Gasteiger partial charge in [-0.3, -0.25) is 9.59 Å². The molecule has 0 saturated carbocycles. The van der Waals surface area contributed by atoms with Crippen LogP contribution in [0.2, 0.25) is 0 Å². The molecule has 94 valence electrons. The summed E-state index contributed by atoms with van der Waals surface area (Å²) < 4.78 is 0. The number of primary amides is 1. The maximum atomic E-state index is 11.6. The van der Waals surface area contributed by atoms with Crippen LogP contribution in [0, 0.1) is 11.3 Å². The van der Waals surface area contributed by atoms with Crippen LogP contribution in [0.15, 0.2) is 47.8 Å². The third kappa shape index (κ3) is 2.61. The van der Waals surface area contributed by atoms with Crippen molar-refractivity contribution >= 4 is 17.5 Å². The second kappa shape index (κ2) is 5.06. The molecule has 0 aliphatic carbocycles. The highest BCUT2D eigenvalue weighted by Crippen LogP contribution is 2.15. The van der Waals surface area contributed by atoms with E-state index in [-0.39, 0.29) is 11.4 Å². The molecule has 0 aromatic heterocycles. The number of nitrogens with zero attached hydrogens (tertiary/aromatic N) is 1. The molecule has 2 amide bonds. The van der Waals surface area contributed by atoms with E-state index >= 15 is 0 Å². The first-order valence-corrected chi connectivity index (χ1v) is 5.41. The molecule has 0 radical (unpaired) electrons. The molecule has 2 rings (SSSR count). The molecule has 1 aromatic rings. The van der Waals surface area contributed by atoms with Crippen LogP contribution in [0.25, 0.3) is 5.70 Å². The highest BCUT2D eigenvalue weighted by atomic mass is 16.2. The van der Waals surface area contributed by atoms with Crippen LogP contribution in [0.3, 0.4) is 0 Å². The van der Waals surface area contributed by atoms with E-state index in [4.69, 9.17) is 11.0 Å². The zero-order valence-corrected chi connectivity index (χ0v) is 9.81. The summed E-state index contributed by atoms with van der Waals surface area (Å²) in [6.45, 7) is 0. The molecular formula is C13H10N4O2. The lowest BCUT2D eigenvalue weighted by atomic mass is 10.1. The van der Waals surface area contributed by atoms with Crippen molar-refractivity contribution in [1.82, 2.24) is 10.6 Å². The standard InChI is InChI=1S/C13H10N4O2/c14-7-10-12(13(15)19)17-9(6-11(18)16-10)8-4-2-1-3-5-8/h1-6,17H,(H2,15,19)(H,16,18). The van der Waals surface area contributed by atoms with Gasteiger partial charge < -0.3 is 16.4 Å². The van der Waals surface area contributed by atoms with E-state index in [1.807, 2.05) is 6.07 Å². The fourth-order valence-corrected chi connectivity index (χ4v) is 1.63. The largest absolute Gasteiger partial charge is 0.364 e. The van der Waals surface area contributed by atoms with Crippen molar-refractivity contribution in [2.45, 2.75) is 0 Å². The summed E-state index contributed by atoms with van der Waals surface area (Å²) in [7, 11) is 0. The fourth-order valence-electron chi connectivity index (χ4n) is 1.63. The van der Waals surface area contributed by atoms with Gasteiger partial charge in [0.25, 0.3) is 11.8 Å². The van der Waals surface area contributed by atoms with Crippen molar-refractivity contribution in [3.8, 4) is 6.07 Å². The van der Waals surface area contributed by atoms with E-state index < -0.39 is 11.8 Å². The lowest BCUT2D eigenvalue weighted by Crippen LogP contribution is -2.29. The Hall–Kier alpha value is -3.07. The Bertz CT molecular complexity index is 638. The average molecular weight is 254 g/mol. The third-order valence-electron chi connectivity index (χ3n) is 2.48. The normalized spacial score (nSPS) is 14.7. The van der Waals surface area contributed by atoms with Gasteiger partial charge in [0.2, 0.25) is 0 Å². The smallest absolute Gasteiger partial charge is 0.268 e. The molecule has 0 saturated heterocycles. The Balaban J connectivity index is 2.49. The number of allylic oxidation sites excluding steroid dienone is 1. The Morgan fingerprint density at radius 3 is 2.47 bits per heavy atom. The molecule has 19 heavy (non-hydrogen) atoms. The number of rotatable bonds is 2. The van der Waals surface area contributed by atoms with Crippen LogP contribution in [-0.4, -0.2) is 11.8 Å². The topological polar surface area (TPSA) is 108 Å². The predicted octanol–water partition coefficient (Wildman–Crippen LogP) is -0.0326. The van der Waals surface area contributed by atoms with Gasteiger partial charge in [-0.2, -0.15) is 5.26 Å². The number of nitrogens with one attached hydrogen (secondary N) is 2. The van der Waals surface area contributed by atoms with Crippen LogP contribution in [0.5, 0.6) is 0 Å². The Labute approximate surface area is 109 Å². The number of carbonyl (C=O) groups excluding carboxylic acids is 2. The molecule has 1 aliphatic heterocycles. The van der Waals surface area contributed by atoms with Gasteiger partial charge >= 0.3 is 0 Å². The Morgan fingerprint density at radius 1 is 1.21 bits per heavy atom. The summed E-state index contributed by atoms with van der Waals surface area (Å²) >= 11 is 0. The van der Waals surface area contributed by atoms with Gasteiger partial charge in [0.15, 0.2) is 0 Å². The van der Waals surface area contributed by atoms with Crippen molar-refractivity contribution in [3.63, 3.8) is 0 Å². The van der Waals surface area contributed by atoms with Gasteiger partial charge in [-0.1, -0.05) is 30.3 Å². The monoisotopic (exact) mass is 254 g/mol. The highest BCUT2D eigenvalue weighted by molar-refractivity contribution is 6.02. The molecule has 0 bridgehead atoms. The van der Waals surface area contributed by atoms with Crippen molar-refractivity contribution in [2.75, 3.05) is 0 Å². The van der Waals surface area contributed by atoms with Gasteiger partial charge in [-0.15, -0.1) is 0 Å². The van der Waals surface area contributed by atoms with Crippen molar-refractivity contribution < 1.29 is 9.59 Å². The van der Waals surface area contributed by atoms with Crippen molar-refractivity contribution in [2.24, 2.45) is 5.73 Å². The highest BCUT2D eigenvalue weighted by Gasteiger charge is 2.20. The summed E-state index contributed by atoms with van der Waals surface area (Å²) in [5.74, 6) is -1.32. The van der Waals surface area contributed by atoms with Crippen molar-refractivity contribution in [1.29, 1.82) is 5.26 Å². The molecule has 0 fully saturated rings. The second-order valence-corrected chi connectivity index (χ2v) is 3.76. The summed E-state index contributed by atoms with van der Waals surface area (Å²) in [6, 6.07) is 10.7. The lowest BCUT2D eigenvalue weighted by molar-refractivity contribution is -0.115. The third-order valence-corrected chi connectivity index (χ3v) is 2.48. The molecule has 4 N–H and O–H groups in total. The average Bonchev–Trinajstić information content (AvgIpc) is 2.58. The van der Waals surface area contributed by atoms with Gasteiger partial charge in [0.05, 0.1) is 5.70 Å². The first-order chi connectivity index (χ1) is 9.11.